The molecule has 1 fully saturated rings. The SMILES string of the molecule is CS[C@]1(Cc2ccc(CC=C(C)C)cc2)NC(=O)C(O)NC1=O. The van der Waals surface area contributed by atoms with Gasteiger partial charge in [0.15, 0.2) is 4.87 Å². The van der Waals surface area contributed by atoms with Gasteiger partial charge in [-0.15, -0.1) is 11.8 Å². The second-order valence-corrected chi connectivity index (χ2v) is 6.98. The van der Waals surface area contributed by atoms with Crippen molar-refractivity contribution in [1.82, 2.24) is 10.6 Å². The molecule has 1 saturated heterocycles. The molecule has 3 N–H and O–H groups in total. The minimum atomic E-state index is -1.48. The van der Waals surface area contributed by atoms with Crippen molar-refractivity contribution in [1.29, 1.82) is 0 Å². The molecule has 0 saturated carbocycles. The molecular weight excluding hydrogens is 312 g/mol. The van der Waals surface area contributed by atoms with Crippen molar-refractivity contribution in [2.45, 2.75) is 37.8 Å². The van der Waals surface area contributed by atoms with E-state index in [1.165, 1.54) is 22.9 Å². The number of hydrogen-bond acceptors (Lipinski definition) is 4. The van der Waals surface area contributed by atoms with Crippen molar-refractivity contribution < 1.29 is 14.7 Å². The molecule has 1 heterocycles. The summed E-state index contributed by atoms with van der Waals surface area (Å²) in [7, 11) is 0. The Morgan fingerprint density at radius 1 is 1.26 bits per heavy atom. The largest absolute Gasteiger partial charge is 0.365 e. The van der Waals surface area contributed by atoms with Gasteiger partial charge >= 0.3 is 0 Å². The maximum absolute atomic E-state index is 12.2. The Hall–Kier alpha value is -1.79. The van der Waals surface area contributed by atoms with Crippen molar-refractivity contribution in [3.8, 4) is 0 Å². The van der Waals surface area contributed by atoms with Gasteiger partial charge in [-0.25, -0.2) is 0 Å². The number of aliphatic hydroxyl groups excluding tert-OH is 1. The van der Waals surface area contributed by atoms with E-state index in [4.69, 9.17) is 0 Å². The first-order chi connectivity index (χ1) is 10.9. The van der Waals surface area contributed by atoms with Gasteiger partial charge < -0.3 is 15.7 Å². The van der Waals surface area contributed by atoms with Gasteiger partial charge in [-0.2, -0.15) is 0 Å². The Morgan fingerprint density at radius 2 is 1.87 bits per heavy atom. The van der Waals surface area contributed by atoms with Gasteiger partial charge in [0.05, 0.1) is 0 Å². The third kappa shape index (κ3) is 4.14. The van der Waals surface area contributed by atoms with E-state index in [1.807, 2.05) is 24.3 Å². The molecule has 0 aliphatic carbocycles. The van der Waals surface area contributed by atoms with Crippen molar-refractivity contribution in [2.75, 3.05) is 6.26 Å². The molecule has 0 radical (unpaired) electrons. The summed E-state index contributed by atoms with van der Waals surface area (Å²) >= 11 is 1.26. The van der Waals surface area contributed by atoms with Crippen LogP contribution in [-0.2, 0) is 22.4 Å². The van der Waals surface area contributed by atoms with Gasteiger partial charge in [-0.1, -0.05) is 35.9 Å². The molecule has 6 heteroatoms. The van der Waals surface area contributed by atoms with Crippen molar-refractivity contribution in [2.24, 2.45) is 0 Å². The van der Waals surface area contributed by atoms with Crippen LogP contribution in [0.15, 0.2) is 35.9 Å². The first-order valence-electron chi connectivity index (χ1n) is 7.44. The minimum Gasteiger partial charge on any atom is -0.365 e. The maximum Gasteiger partial charge on any atom is 0.271 e. The molecule has 0 bridgehead atoms. The van der Waals surface area contributed by atoms with E-state index in [2.05, 4.69) is 30.6 Å². The fourth-order valence-electron chi connectivity index (χ4n) is 2.37. The van der Waals surface area contributed by atoms with E-state index < -0.39 is 17.0 Å². The number of aliphatic hydroxyl groups is 1. The Bertz CT molecular complexity index is 623. The van der Waals surface area contributed by atoms with Crippen LogP contribution in [0.3, 0.4) is 0 Å². The smallest absolute Gasteiger partial charge is 0.271 e. The number of allylic oxidation sites excluding steroid dienone is 2. The Labute approximate surface area is 140 Å². The lowest BCUT2D eigenvalue weighted by molar-refractivity contribution is -0.146. The molecule has 1 aromatic rings. The summed E-state index contributed by atoms with van der Waals surface area (Å²) in [6.07, 6.45) is 3.69. The lowest BCUT2D eigenvalue weighted by Crippen LogP contribution is -2.68. The standard InChI is InChI=1S/C17H22N2O3S/c1-11(2)4-5-12-6-8-13(9-7-12)10-17(23-3)16(22)18-14(20)15(21)19-17/h4,6-9,14,20H,5,10H2,1-3H3,(H,18,22)(H,19,21)/t14?,17-/m0/s1. The molecule has 0 aromatic heterocycles. The summed E-state index contributed by atoms with van der Waals surface area (Å²) in [4.78, 5) is 22.9. The summed E-state index contributed by atoms with van der Waals surface area (Å²) in [6.45, 7) is 4.13. The Balaban J connectivity index is 2.14. The van der Waals surface area contributed by atoms with Crippen LogP contribution in [0.25, 0.3) is 0 Å². The second kappa shape index (κ2) is 7.19. The molecular formula is C17H22N2O3S. The van der Waals surface area contributed by atoms with Gasteiger partial charge in [0.1, 0.15) is 0 Å². The molecule has 124 valence electrons. The fourth-order valence-corrected chi connectivity index (χ4v) is 3.13. The van der Waals surface area contributed by atoms with E-state index in [0.717, 1.165) is 12.0 Å². The normalized spacial score (nSPS) is 23.9. The summed E-state index contributed by atoms with van der Waals surface area (Å²) in [5.41, 5.74) is 3.42. The molecule has 1 aliphatic heterocycles. The molecule has 2 atom stereocenters. The average Bonchev–Trinajstić information content (AvgIpc) is 2.52. The fraction of sp³-hybridized carbons (Fsp3) is 0.412. The highest BCUT2D eigenvalue weighted by Crippen LogP contribution is 2.27. The third-order valence-corrected chi connectivity index (χ3v) is 4.91. The highest BCUT2D eigenvalue weighted by Gasteiger charge is 2.45. The van der Waals surface area contributed by atoms with E-state index in [0.29, 0.717) is 6.42 Å². The van der Waals surface area contributed by atoms with Crippen LogP contribution in [0.1, 0.15) is 25.0 Å². The number of thioether (sulfide) groups is 1. The average molecular weight is 334 g/mol. The molecule has 2 amide bonds. The summed E-state index contributed by atoms with van der Waals surface area (Å²) < 4.78 is 0. The number of piperazine rings is 1. The van der Waals surface area contributed by atoms with Gasteiger partial charge in [-0.05, 0) is 37.7 Å². The van der Waals surface area contributed by atoms with Crippen LogP contribution in [0.2, 0.25) is 0 Å². The molecule has 5 nitrogen and oxygen atoms in total. The highest BCUT2D eigenvalue weighted by atomic mass is 32.2. The van der Waals surface area contributed by atoms with E-state index >= 15 is 0 Å². The maximum atomic E-state index is 12.2. The summed E-state index contributed by atoms with van der Waals surface area (Å²) in [5.74, 6) is -0.968. The second-order valence-electron chi connectivity index (χ2n) is 5.88. The van der Waals surface area contributed by atoms with Crippen LogP contribution >= 0.6 is 11.8 Å². The van der Waals surface area contributed by atoms with Gasteiger partial charge in [-0.3, -0.25) is 9.59 Å². The zero-order valence-corrected chi connectivity index (χ0v) is 14.4. The van der Waals surface area contributed by atoms with Gasteiger partial charge in [0.25, 0.3) is 11.8 Å². The first kappa shape index (κ1) is 17.6. The molecule has 1 unspecified atom stereocenters. The monoisotopic (exact) mass is 334 g/mol. The number of rotatable bonds is 5. The topological polar surface area (TPSA) is 78.4 Å². The van der Waals surface area contributed by atoms with Gasteiger partial charge in [0.2, 0.25) is 6.23 Å². The van der Waals surface area contributed by atoms with Crippen molar-refractivity contribution >= 4 is 23.6 Å². The van der Waals surface area contributed by atoms with E-state index in [9.17, 15) is 14.7 Å². The molecule has 0 spiro atoms. The first-order valence-corrected chi connectivity index (χ1v) is 8.66. The van der Waals surface area contributed by atoms with Crippen molar-refractivity contribution in [3.63, 3.8) is 0 Å². The van der Waals surface area contributed by atoms with E-state index in [-0.39, 0.29) is 5.91 Å². The minimum absolute atomic E-state index is 0.362. The number of nitrogens with one attached hydrogen (secondary N) is 2. The van der Waals surface area contributed by atoms with Crippen LogP contribution in [-0.4, -0.2) is 34.3 Å². The predicted molar refractivity (Wildman–Crippen MR) is 91.8 cm³/mol. The number of amides is 2. The van der Waals surface area contributed by atoms with Crippen LogP contribution in [0.5, 0.6) is 0 Å². The lowest BCUT2D eigenvalue weighted by atomic mass is 10.0. The zero-order valence-electron chi connectivity index (χ0n) is 13.6. The van der Waals surface area contributed by atoms with Gasteiger partial charge in [0, 0.05) is 6.42 Å². The zero-order chi connectivity index (χ0) is 17.0. The Morgan fingerprint density at radius 3 is 2.43 bits per heavy atom. The summed E-state index contributed by atoms with van der Waals surface area (Å²) in [6, 6.07) is 7.99. The van der Waals surface area contributed by atoms with Crippen LogP contribution in [0.4, 0.5) is 0 Å². The quantitative estimate of drug-likeness (QED) is 0.711. The third-order valence-electron chi connectivity index (χ3n) is 3.78. The number of benzene rings is 1. The number of carbonyl (C=O) groups is 2. The highest BCUT2D eigenvalue weighted by molar-refractivity contribution is 8.00. The lowest BCUT2D eigenvalue weighted by Gasteiger charge is -2.37. The van der Waals surface area contributed by atoms with Crippen LogP contribution in [0, 0.1) is 0 Å². The van der Waals surface area contributed by atoms with E-state index in [1.54, 1.807) is 6.26 Å². The molecule has 2 rings (SSSR count). The summed E-state index contributed by atoms with van der Waals surface area (Å²) in [5, 5.41) is 14.4. The predicted octanol–water partition coefficient (Wildman–Crippen LogP) is 1.36. The molecule has 1 aliphatic rings. The Kier molecular flexibility index (Phi) is 5.49. The molecule has 1 aromatic carbocycles. The number of hydrogen-bond donors (Lipinski definition) is 3. The number of carbonyl (C=O) groups excluding carboxylic acids is 2. The van der Waals surface area contributed by atoms with Crippen LogP contribution < -0.4 is 10.6 Å². The van der Waals surface area contributed by atoms with Crippen molar-refractivity contribution in [3.05, 3.63) is 47.0 Å². The molecule has 23 heavy (non-hydrogen) atoms.